The zero-order chi connectivity index (χ0) is 17.4. The maximum absolute atomic E-state index is 12.7. The molecule has 0 atom stereocenters. The van der Waals surface area contributed by atoms with Gasteiger partial charge in [-0.1, -0.05) is 23.9 Å². The van der Waals surface area contributed by atoms with Crippen molar-refractivity contribution in [1.82, 2.24) is 0 Å². The second-order valence-corrected chi connectivity index (χ2v) is 6.57. The summed E-state index contributed by atoms with van der Waals surface area (Å²) in [6.45, 7) is 3.97. The summed E-state index contributed by atoms with van der Waals surface area (Å²) >= 11 is 0. The van der Waals surface area contributed by atoms with Gasteiger partial charge in [0.05, 0.1) is 11.4 Å². The predicted octanol–water partition coefficient (Wildman–Crippen LogP) is 3.28. The van der Waals surface area contributed by atoms with Crippen molar-refractivity contribution >= 4 is 23.2 Å². The topological polar surface area (TPSA) is 59.0 Å². The normalized spacial score (nSPS) is 21.0. The molecular formula is C20H20N2O3. The highest BCUT2D eigenvalue weighted by molar-refractivity contribution is 6.33. The monoisotopic (exact) mass is 336 g/mol. The van der Waals surface area contributed by atoms with E-state index in [9.17, 15) is 9.59 Å². The number of aryl methyl sites for hydroxylation is 1. The molecule has 1 aliphatic heterocycles. The van der Waals surface area contributed by atoms with Gasteiger partial charge in [0.25, 0.3) is 11.8 Å². The molecular weight excluding hydrogens is 316 g/mol. The van der Waals surface area contributed by atoms with Crippen LogP contribution in [0.2, 0.25) is 0 Å². The third kappa shape index (κ3) is 2.60. The molecule has 0 spiro atoms. The summed E-state index contributed by atoms with van der Waals surface area (Å²) in [4.78, 5) is 32.0. The van der Waals surface area contributed by atoms with Crippen molar-refractivity contribution in [2.75, 3.05) is 11.5 Å². The first-order valence-corrected chi connectivity index (χ1v) is 8.74. The van der Waals surface area contributed by atoms with Gasteiger partial charge in [0.2, 0.25) is 0 Å². The second kappa shape index (κ2) is 6.31. The molecule has 0 saturated carbocycles. The Hall–Kier alpha value is -2.69. The van der Waals surface area contributed by atoms with E-state index in [0.717, 1.165) is 37.0 Å². The Morgan fingerprint density at radius 2 is 1.80 bits per heavy atom. The molecule has 1 aromatic carbocycles. The summed E-state index contributed by atoms with van der Waals surface area (Å²) in [7, 11) is 0. The average Bonchev–Trinajstić information content (AvgIpc) is 3.15. The summed E-state index contributed by atoms with van der Waals surface area (Å²) in [5, 5.41) is 4.18. The molecule has 2 aliphatic carbocycles. The third-order valence-electron chi connectivity index (χ3n) is 5.05. The van der Waals surface area contributed by atoms with Crippen LogP contribution in [0.1, 0.15) is 43.2 Å². The van der Waals surface area contributed by atoms with Crippen molar-refractivity contribution in [3.63, 3.8) is 0 Å². The Morgan fingerprint density at radius 1 is 1.08 bits per heavy atom. The van der Waals surface area contributed by atoms with Gasteiger partial charge >= 0.3 is 0 Å². The van der Waals surface area contributed by atoms with Crippen LogP contribution in [0.15, 0.2) is 47.2 Å². The maximum Gasteiger partial charge on any atom is 0.261 e. The van der Waals surface area contributed by atoms with Crippen LogP contribution < -0.4 is 4.90 Å². The minimum absolute atomic E-state index is 0.154. The van der Waals surface area contributed by atoms with Crippen LogP contribution in [0, 0.1) is 0 Å². The lowest BCUT2D eigenvalue weighted by molar-refractivity contribution is -0.120. The number of nitrogens with zero attached hydrogens (tertiary/aromatic N) is 2. The van der Waals surface area contributed by atoms with Gasteiger partial charge in [0.15, 0.2) is 0 Å². The third-order valence-corrected chi connectivity index (χ3v) is 5.05. The number of benzene rings is 1. The Bertz CT molecular complexity index is 807. The number of hydrogen-bond acceptors (Lipinski definition) is 4. The van der Waals surface area contributed by atoms with E-state index in [2.05, 4.69) is 11.7 Å². The van der Waals surface area contributed by atoms with Crippen molar-refractivity contribution < 1.29 is 14.4 Å². The van der Waals surface area contributed by atoms with E-state index in [0.29, 0.717) is 36.3 Å². The van der Waals surface area contributed by atoms with Crippen molar-refractivity contribution in [1.29, 1.82) is 0 Å². The largest absolute Gasteiger partial charge is 0.391 e. The van der Waals surface area contributed by atoms with E-state index in [4.69, 9.17) is 4.84 Å². The van der Waals surface area contributed by atoms with Crippen molar-refractivity contribution in [3.05, 3.63) is 53.1 Å². The van der Waals surface area contributed by atoms with Gasteiger partial charge < -0.3 is 4.84 Å². The molecule has 0 bridgehead atoms. The highest BCUT2D eigenvalue weighted by Crippen LogP contribution is 2.37. The van der Waals surface area contributed by atoms with E-state index in [-0.39, 0.29) is 11.8 Å². The molecule has 4 rings (SSSR count). The van der Waals surface area contributed by atoms with Gasteiger partial charge in [0, 0.05) is 16.7 Å². The number of carbonyl (C=O) groups excluding carboxylic acids is 2. The number of hydrogen-bond donors (Lipinski definition) is 0. The average molecular weight is 336 g/mol. The standard InChI is InChI=1S/C20H20N2O3/c1-2-11-25-21-18-10-8-13-7-9-14(12-17(13)18)22-19(23)15-5-3-4-6-16(15)20(22)24/h2,7,9,12H,1,3-6,8,10-11H2/b21-18+. The molecule has 2 amide bonds. The molecule has 3 aliphatic rings. The molecule has 1 aromatic rings. The van der Waals surface area contributed by atoms with E-state index in [1.54, 1.807) is 6.08 Å². The van der Waals surface area contributed by atoms with Crippen LogP contribution in [0.25, 0.3) is 0 Å². The van der Waals surface area contributed by atoms with E-state index in [1.165, 1.54) is 10.5 Å². The van der Waals surface area contributed by atoms with Gasteiger partial charge in [-0.2, -0.15) is 0 Å². The molecule has 0 saturated heterocycles. The van der Waals surface area contributed by atoms with Gasteiger partial charge in [-0.25, -0.2) is 4.90 Å². The van der Waals surface area contributed by atoms with Gasteiger partial charge in [-0.05, 0) is 56.2 Å². The summed E-state index contributed by atoms with van der Waals surface area (Å²) in [6.07, 6.45) is 6.72. The summed E-state index contributed by atoms with van der Waals surface area (Å²) in [6, 6.07) is 5.74. The highest BCUT2D eigenvalue weighted by atomic mass is 16.6. The van der Waals surface area contributed by atoms with E-state index in [1.807, 2.05) is 18.2 Å². The molecule has 5 heteroatoms. The fourth-order valence-electron chi connectivity index (χ4n) is 3.81. The zero-order valence-corrected chi connectivity index (χ0v) is 14.1. The van der Waals surface area contributed by atoms with Crippen molar-refractivity contribution in [3.8, 4) is 0 Å². The zero-order valence-electron chi connectivity index (χ0n) is 14.1. The molecule has 0 N–H and O–H groups in total. The quantitative estimate of drug-likeness (QED) is 0.367. The molecule has 0 radical (unpaired) electrons. The van der Waals surface area contributed by atoms with Crippen LogP contribution in [-0.4, -0.2) is 24.1 Å². The van der Waals surface area contributed by atoms with E-state index >= 15 is 0 Å². The Kier molecular flexibility index (Phi) is 3.99. The Morgan fingerprint density at radius 3 is 2.48 bits per heavy atom. The van der Waals surface area contributed by atoms with Crippen molar-refractivity contribution in [2.24, 2.45) is 5.16 Å². The number of anilines is 1. The maximum atomic E-state index is 12.7. The number of amides is 2. The minimum Gasteiger partial charge on any atom is -0.391 e. The molecule has 25 heavy (non-hydrogen) atoms. The Balaban J connectivity index is 1.66. The molecule has 0 unspecified atom stereocenters. The smallest absolute Gasteiger partial charge is 0.261 e. The predicted molar refractivity (Wildman–Crippen MR) is 95.4 cm³/mol. The summed E-state index contributed by atoms with van der Waals surface area (Å²) < 4.78 is 0. The fourth-order valence-corrected chi connectivity index (χ4v) is 3.81. The number of fused-ring (bicyclic) bond motifs is 1. The van der Waals surface area contributed by atoms with Crippen molar-refractivity contribution in [2.45, 2.75) is 38.5 Å². The van der Waals surface area contributed by atoms with Crippen LogP contribution in [0.4, 0.5) is 5.69 Å². The molecule has 0 aromatic heterocycles. The molecule has 128 valence electrons. The first-order valence-electron chi connectivity index (χ1n) is 8.74. The second-order valence-electron chi connectivity index (χ2n) is 6.57. The lowest BCUT2D eigenvalue weighted by Gasteiger charge is -2.16. The molecule has 1 heterocycles. The number of rotatable bonds is 4. The molecule has 5 nitrogen and oxygen atoms in total. The SMILES string of the molecule is C=CCO/N=C1\CCc2ccc(N3C(=O)C4=C(CCCC4)C3=O)cc21. The lowest BCUT2D eigenvalue weighted by atomic mass is 9.93. The number of imide groups is 1. The van der Waals surface area contributed by atoms with Gasteiger partial charge in [0.1, 0.15) is 6.61 Å². The number of oxime groups is 1. The molecule has 0 fully saturated rings. The van der Waals surface area contributed by atoms with Crippen LogP contribution in [-0.2, 0) is 20.8 Å². The van der Waals surface area contributed by atoms with Gasteiger partial charge in [-0.3, -0.25) is 9.59 Å². The summed E-state index contributed by atoms with van der Waals surface area (Å²) in [5.41, 5.74) is 5.03. The van der Waals surface area contributed by atoms with Gasteiger partial charge in [-0.15, -0.1) is 0 Å². The first kappa shape index (κ1) is 15.8. The van der Waals surface area contributed by atoms with Crippen LogP contribution >= 0.6 is 0 Å². The first-order chi connectivity index (χ1) is 12.2. The lowest BCUT2D eigenvalue weighted by Crippen LogP contribution is -2.31. The Labute approximate surface area is 146 Å². The highest BCUT2D eigenvalue weighted by Gasteiger charge is 2.40. The minimum atomic E-state index is -0.154. The van der Waals surface area contributed by atoms with Crippen LogP contribution in [0.5, 0.6) is 0 Å². The fraction of sp³-hybridized carbons (Fsp3) is 0.350. The summed E-state index contributed by atoms with van der Waals surface area (Å²) in [5.74, 6) is -0.307. The van der Waals surface area contributed by atoms with E-state index < -0.39 is 0 Å². The van der Waals surface area contributed by atoms with Crippen LogP contribution in [0.3, 0.4) is 0 Å². The number of carbonyl (C=O) groups is 2.